The summed E-state index contributed by atoms with van der Waals surface area (Å²) in [4.78, 5) is 5.48. The molecule has 136 valence electrons. The number of nitrogens with zero attached hydrogens (tertiary/aromatic N) is 2. The SMILES string of the molecule is C[C@H]1NCC[C@H]1N(C)c1cc(F)c(S(=O)(=O)Cc2cscn2)cc1Cl. The third-order valence-electron chi connectivity index (χ3n) is 4.52. The Morgan fingerprint density at radius 1 is 1.48 bits per heavy atom. The van der Waals surface area contributed by atoms with E-state index in [1.807, 2.05) is 11.9 Å². The second-order valence-electron chi connectivity index (χ2n) is 6.18. The molecular formula is C16H19ClFN3O2S2. The van der Waals surface area contributed by atoms with Crippen LogP contribution in [0.3, 0.4) is 0 Å². The minimum atomic E-state index is -3.85. The molecule has 0 bridgehead atoms. The summed E-state index contributed by atoms with van der Waals surface area (Å²) < 4.78 is 39.6. The van der Waals surface area contributed by atoms with Gasteiger partial charge in [0.15, 0.2) is 9.84 Å². The summed E-state index contributed by atoms with van der Waals surface area (Å²) in [7, 11) is -2.01. The number of thiazole rings is 1. The Kier molecular flexibility index (Phi) is 5.34. The van der Waals surface area contributed by atoms with E-state index in [-0.39, 0.29) is 27.8 Å². The van der Waals surface area contributed by atoms with Gasteiger partial charge in [0, 0.05) is 30.6 Å². The molecule has 0 amide bonds. The standard InChI is InChI=1S/C16H19ClFN3O2S2/c1-10-14(3-4-19-10)21(2)15-6-13(18)16(5-12(15)17)25(22,23)8-11-7-24-9-20-11/h5-7,9-10,14,19H,3-4,8H2,1-2H3/t10-,14-/m1/s1. The fourth-order valence-electron chi connectivity index (χ4n) is 3.16. The number of benzene rings is 1. The summed E-state index contributed by atoms with van der Waals surface area (Å²) in [5, 5.41) is 5.19. The zero-order valence-corrected chi connectivity index (χ0v) is 16.3. The second kappa shape index (κ2) is 7.19. The van der Waals surface area contributed by atoms with Crippen LogP contribution in [0, 0.1) is 5.82 Å². The lowest BCUT2D eigenvalue weighted by Gasteiger charge is -2.30. The van der Waals surface area contributed by atoms with Gasteiger partial charge in [0.2, 0.25) is 0 Å². The minimum absolute atomic E-state index is 0.175. The van der Waals surface area contributed by atoms with Crippen molar-refractivity contribution in [2.45, 2.75) is 36.1 Å². The van der Waals surface area contributed by atoms with Crippen LogP contribution in [-0.4, -0.2) is 39.1 Å². The smallest absolute Gasteiger partial charge is 0.187 e. The first-order valence-corrected chi connectivity index (χ1v) is 10.8. The van der Waals surface area contributed by atoms with Crippen molar-refractivity contribution in [2.24, 2.45) is 0 Å². The molecule has 1 fully saturated rings. The summed E-state index contributed by atoms with van der Waals surface area (Å²) in [6.07, 6.45) is 0.916. The second-order valence-corrected chi connectivity index (χ2v) is 9.27. The molecule has 1 N–H and O–H groups in total. The van der Waals surface area contributed by atoms with Gasteiger partial charge in [-0.3, -0.25) is 0 Å². The van der Waals surface area contributed by atoms with Crippen molar-refractivity contribution in [1.82, 2.24) is 10.3 Å². The van der Waals surface area contributed by atoms with Crippen LogP contribution >= 0.6 is 22.9 Å². The zero-order chi connectivity index (χ0) is 18.2. The summed E-state index contributed by atoms with van der Waals surface area (Å²) in [6, 6.07) is 2.84. The van der Waals surface area contributed by atoms with Crippen LogP contribution in [-0.2, 0) is 15.6 Å². The van der Waals surface area contributed by atoms with Crippen molar-refractivity contribution in [3.63, 3.8) is 0 Å². The van der Waals surface area contributed by atoms with Crippen molar-refractivity contribution in [3.05, 3.63) is 39.6 Å². The maximum atomic E-state index is 14.6. The predicted molar refractivity (Wildman–Crippen MR) is 98.7 cm³/mol. The molecule has 9 heteroatoms. The van der Waals surface area contributed by atoms with Crippen molar-refractivity contribution < 1.29 is 12.8 Å². The molecule has 5 nitrogen and oxygen atoms in total. The average Bonchev–Trinajstić information content (AvgIpc) is 3.19. The first-order valence-electron chi connectivity index (χ1n) is 7.84. The molecule has 2 aromatic rings. The molecule has 1 aromatic carbocycles. The lowest BCUT2D eigenvalue weighted by molar-refractivity contribution is 0.552. The van der Waals surface area contributed by atoms with Gasteiger partial charge in [-0.05, 0) is 26.0 Å². The maximum absolute atomic E-state index is 14.6. The molecule has 1 saturated heterocycles. The van der Waals surface area contributed by atoms with Crippen molar-refractivity contribution >= 4 is 38.5 Å². The molecule has 3 rings (SSSR count). The number of hydrogen-bond acceptors (Lipinski definition) is 6. The van der Waals surface area contributed by atoms with E-state index in [1.54, 1.807) is 10.9 Å². The first-order chi connectivity index (χ1) is 11.8. The quantitative estimate of drug-likeness (QED) is 0.831. The first kappa shape index (κ1) is 18.6. The minimum Gasteiger partial charge on any atom is -0.369 e. The van der Waals surface area contributed by atoms with E-state index >= 15 is 0 Å². The zero-order valence-electron chi connectivity index (χ0n) is 13.9. The Labute approximate surface area is 155 Å². The Morgan fingerprint density at radius 3 is 2.84 bits per heavy atom. The van der Waals surface area contributed by atoms with Crippen LogP contribution in [0.15, 0.2) is 27.9 Å². The van der Waals surface area contributed by atoms with E-state index in [0.29, 0.717) is 11.4 Å². The van der Waals surface area contributed by atoms with Crippen LogP contribution in [0.4, 0.5) is 10.1 Å². The molecule has 0 radical (unpaired) electrons. The Morgan fingerprint density at radius 2 is 2.24 bits per heavy atom. The van der Waals surface area contributed by atoms with Crippen molar-refractivity contribution in [3.8, 4) is 0 Å². The summed E-state index contributed by atoms with van der Waals surface area (Å²) in [5.41, 5.74) is 2.43. The van der Waals surface area contributed by atoms with Crippen molar-refractivity contribution in [2.75, 3.05) is 18.5 Å². The van der Waals surface area contributed by atoms with E-state index in [2.05, 4.69) is 17.2 Å². The fraction of sp³-hybridized carbons (Fsp3) is 0.438. The largest absolute Gasteiger partial charge is 0.369 e. The van der Waals surface area contributed by atoms with Gasteiger partial charge in [-0.1, -0.05) is 11.6 Å². The van der Waals surface area contributed by atoms with Crippen LogP contribution in [0.25, 0.3) is 0 Å². The highest BCUT2D eigenvalue weighted by Gasteiger charge is 2.29. The van der Waals surface area contributed by atoms with Crippen LogP contribution in [0.2, 0.25) is 5.02 Å². The third kappa shape index (κ3) is 3.81. The molecule has 25 heavy (non-hydrogen) atoms. The highest BCUT2D eigenvalue weighted by atomic mass is 35.5. The van der Waals surface area contributed by atoms with Gasteiger partial charge in [0.1, 0.15) is 10.7 Å². The summed E-state index contributed by atoms with van der Waals surface area (Å²) in [6.45, 7) is 2.95. The molecule has 0 spiro atoms. The number of aromatic nitrogens is 1. The van der Waals surface area contributed by atoms with Gasteiger partial charge in [0.25, 0.3) is 0 Å². The molecule has 0 aliphatic carbocycles. The lowest BCUT2D eigenvalue weighted by Crippen LogP contribution is -2.40. The molecule has 1 aromatic heterocycles. The van der Waals surface area contributed by atoms with Crippen LogP contribution in [0.5, 0.6) is 0 Å². The van der Waals surface area contributed by atoms with Gasteiger partial charge in [-0.2, -0.15) is 0 Å². The summed E-state index contributed by atoms with van der Waals surface area (Å²) in [5.74, 6) is -1.14. The maximum Gasteiger partial charge on any atom is 0.187 e. The topological polar surface area (TPSA) is 62.3 Å². The number of likely N-dealkylation sites (N-methyl/N-ethyl adjacent to an activating group) is 1. The molecule has 2 atom stereocenters. The van der Waals surface area contributed by atoms with E-state index in [0.717, 1.165) is 13.0 Å². The summed E-state index contributed by atoms with van der Waals surface area (Å²) >= 11 is 7.60. The van der Waals surface area contributed by atoms with E-state index < -0.39 is 15.7 Å². The number of rotatable bonds is 5. The van der Waals surface area contributed by atoms with Gasteiger partial charge in [-0.15, -0.1) is 11.3 Å². The van der Waals surface area contributed by atoms with Gasteiger partial charge >= 0.3 is 0 Å². The van der Waals surface area contributed by atoms with Crippen LogP contribution < -0.4 is 10.2 Å². The number of nitrogens with one attached hydrogen (secondary N) is 1. The highest BCUT2D eigenvalue weighted by molar-refractivity contribution is 7.90. The lowest BCUT2D eigenvalue weighted by atomic mass is 10.1. The predicted octanol–water partition coefficient (Wildman–Crippen LogP) is 3.10. The number of sulfone groups is 1. The average molecular weight is 404 g/mol. The molecule has 0 saturated carbocycles. The molecule has 1 aliphatic rings. The molecule has 0 unspecified atom stereocenters. The van der Waals surface area contributed by atoms with Gasteiger partial charge in [0.05, 0.1) is 27.7 Å². The third-order valence-corrected chi connectivity index (χ3v) is 7.12. The molecule has 2 heterocycles. The van der Waals surface area contributed by atoms with Gasteiger partial charge < -0.3 is 10.2 Å². The molecule has 1 aliphatic heterocycles. The van der Waals surface area contributed by atoms with E-state index in [1.165, 1.54) is 23.5 Å². The normalized spacial score (nSPS) is 20.8. The van der Waals surface area contributed by atoms with Gasteiger partial charge in [-0.25, -0.2) is 17.8 Å². The van der Waals surface area contributed by atoms with Crippen molar-refractivity contribution in [1.29, 1.82) is 0 Å². The monoisotopic (exact) mass is 403 g/mol. The highest BCUT2D eigenvalue weighted by Crippen LogP contribution is 2.34. The Balaban J connectivity index is 1.92. The number of anilines is 1. The van der Waals surface area contributed by atoms with E-state index in [9.17, 15) is 12.8 Å². The Bertz CT molecular complexity index is 859. The number of halogens is 2. The fourth-order valence-corrected chi connectivity index (χ4v) is 5.54. The molecular weight excluding hydrogens is 385 g/mol. The van der Waals surface area contributed by atoms with E-state index in [4.69, 9.17) is 11.6 Å². The number of hydrogen-bond donors (Lipinski definition) is 1. The van der Waals surface area contributed by atoms with Crippen LogP contribution in [0.1, 0.15) is 19.0 Å². The Hall–Kier alpha value is -1.22.